The Kier molecular flexibility index (Phi) is 2.83. The number of carboxylic acids is 1. The number of carboxylic acid groups (broad SMARTS) is 1. The van der Waals surface area contributed by atoms with Gasteiger partial charge in [-0.15, -0.1) is 0 Å². The Hall–Kier alpha value is -2.29. The molecule has 0 aliphatic rings. The Labute approximate surface area is 99.0 Å². The minimum Gasteiger partial charge on any atom is -0.508 e. The number of hydrogen-bond donors (Lipinski definition) is 2. The summed E-state index contributed by atoms with van der Waals surface area (Å²) in [5.41, 5.74) is 2.60. The predicted octanol–water partition coefficient (Wildman–Crippen LogP) is 3.07. The highest BCUT2D eigenvalue weighted by molar-refractivity contribution is 5.96. The van der Waals surface area contributed by atoms with Crippen molar-refractivity contribution < 1.29 is 15.0 Å². The van der Waals surface area contributed by atoms with E-state index < -0.39 is 5.97 Å². The van der Waals surface area contributed by atoms with Gasteiger partial charge in [0.25, 0.3) is 0 Å². The Balaban J connectivity index is 2.60. The van der Waals surface area contributed by atoms with Crippen molar-refractivity contribution in [1.82, 2.24) is 0 Å². The zero-order chi connectivity index (χ0) is 12.4. The molecule has 86 valence electrons. The molecule has 17 heavy (non-hydrogen) atoms. The van der Waals surface area contributed by atoms with Crippen molar-refractivity contribution in [3.63, 3.8) is 0 Å². The molecule has 2 rings (SSSR count). The van der Waals surface area contributed by atoms with Crippen LogP contribution in [0.1, 0.15) is 15.9 Å². The van der Waals surface area contributed by atoms with Gasteiger partial charge in [-0.2, -0.15) is 0 Å². The van der Waals surface area contributed by atoms with Crippen LogP contribution in [0.2, 0.25) is 0 Å². The van der Waals surface area contributed by atoms with Crippen LogP contribution in [0.15, 0.2) is 42.5 Å². The summed E-state index contributed by atoms with van der Waals surface area (Å²) in [5, 5.41) is 18.5. The molecule has 2 N–H and O–H groups in total. The number of aromatic hydroxyl groups is 1. The van der Waals surface area contributed by atoms with Crippen molar-refractivity contribution in [2.75, 3.05) is 0 Å². The van der Waals surface area contributed by atoms with Gasteiger partial charge < -0.3 is 10.2 Å². The van der Waals surface area contributed by atoms with Crippen molar-refractivity contribution in [3.8, 4) is 16.9 Å². The summed E-state index contributed by atoms with van der Waals surface area (Å²) in [6.45, 7) is 1.96. The molecule has 0 bridgehead atoms. The highest BCUT2D eigenvalue weighted by atomic mass is 16.4. The lowest BCUT2D eigenvalue weighted by atomic mass is 9.98. The lowest BCUT2D eigenvalue weighted by Crippen LogP contribution is -1.99. The minimum absolute atomic E-state index is 0.0607. The SMILES string of the molecule is Cc1ccc(-c2cc(O)ccc2C(=O)O)cc1. The molecule has 2 aromatic carbocycles. The summed E-state index contributed by atoms with van der Waals surface area (Å²) < 4.78 is 0. The number of carbonyl (C=O) groups is 1. The van der Waals surface area contributed by atoms with E-state index in [-0.39, 0.29) is 11.3 Å². The van der Waals surface area contributed by atoms with Crippen LogP contribution in [0.25, 0.3) is 11.1 Å². The Morgan fingerprint density at radius 1 is 1.06 bits per heavy atom. The Morgan fingerprint density at radius 3 is 2.29 bits per heavy atom. The van der Waals surface area contributed by atoms with Crippen LogP contribution >= 0.6 is 0 Å². The van der Waals surface area contributed by atoms with Gasteiger partial charge in [-0.3, -0.25) is 0 Å². The monoisotopic (exact) mass is 228 g/mol. The van der Waals surface area contributed by atoms with Crippen molar-refractivity contribution in [1.29, 1.82) is 0 Å². The fourth-order valence-corrected chi connectivity index (χ4v) is 1.69. The fourth-order valence-electron chi connectivity index (χ4n) is 1.69. The molecule has 3 nitrogen and oxygen atoms in total. The van der Waals surface area contributed by atoms with E-state index in [1.54, 1.807) is 0 Å². The molecular formula is C14H12O3. The zero-order valence-corrected chi connectivity index (χ0v) is 9.34. The van der Waals surface area contributed by atoms with Crippen molar-refractivity contribution in [3.05, 3.63) is 53.6 Å². The molecule has 0 atom stereocenters. The molecule has 0 aromatic heterocycles. The lowest BCUT2D eigenvalue weighted by molar-refractivity contribution is 0.0698. The topological polar surface area (TPSA) is 57.5 Å². The standard InChI is InChI=1S/C14H12O3/c1-9-2-4-10(5-3-9)13-8-11(15)6-7-12(13)14(16)17/h2-8,15H,1H3,(H,16,17). The largest absolute Gasteiger partial charge is 0.508 e. The van der Waals surface area contributed by atoms with Crippen LogP contribution in [-0.4, -0.2) is 16.2 Å². The zero-order valence-electron chi connectivity index (χ0n) is 9.34. The van der Waals surface area contributed by atoms with Crippen LogP contribution in [0.3, 0.4) is 0 Å². The first-order valence-electron chi connectivity index (χ1n) is 5.21. The number of phenols is 1. The first-order valence-corrected chi connectivity index (χ1v) is 5.21. The van der Waals surface area contributed by atoms with E-state index in [1.165, 1.54) is 18.2 Å². The van der Waals surface area contributed by atoms with Crippen molar-refractivity contribution >= 4 is 5.97 Å². The number of rotatable bonds is 2. The lowest BCUT2D eigenvalue weighted by Gasteiger charge is -2.07. The second-order valence-corrected chi connectivity index (χ2v) is 3.90. The molecule has 2 aromatic rings. The van der Waals surface area contributed by atoms with E-state index in [2.05, 4.69) is 0 Å². The highest BCUT2D eigenvalue weighted by Gasteiger charge is 2.12. The van der Waals surface area contributed by atoms with Crippen molar-refractivity contribution in [2.24, 2.45) is 0 Å². The maximum absolute atomic E-state index is 11.1. The number of aromatic carboxylic acids is 1. The summed E-state index contributed by atoms with van der Waals surface area (Å²) in [7, 11) is 0. The van der Waals surface area contributed by atoms with E-state index in [0.717, 1.165) is 11.1 Å². The third-order valence-electron chi connectivity index (χ3n) is 2.60. The molecule has 3 heteroatoms. The molecule has 0 radical (unpaired) electrons. The summed E-state index contributed by atoms with van der Waals surface area (Å²) in [6.07, 6.45) is 0. The van der Waals surface area contributed by atoms with Gasteiger partial charge in [0.2, 0.25) is 0 Å². The second kappa shape index (κ2) is 4.29. The highest BCUT2D eigenvalue weighted by Crippen LogP contribution is 2.27. The molecule has 0 aliphatic carbocycles. The van der Waals surface area contributed by atoms with Crippen LogP contribution < -0.4 is 0 Å². The second-order valence-electron chi connectivity index (χ2n) is 3.90. The summed E-state index contributed by atoms with van der Waals surface area (Å²) in [5.74, 6) is -0.939. The normalized spacial score (nSPS) is 10.2. The third kappa shape index (κ3) is 2.28. The Morgan fingerprint density at radius 2 is 1.71 bits per heavy atom. The molecular weight excluding hydrogens is 216 g/mol. The van der Waals surface area contributed by atoms with E-state index >= 15 is 0 Å². The van der Waals surface area contributed by atoms with Gasteiger partial charge in [-0.05, 0) is 36.2 Å². The van der Waals surface area contributed by atoms with E-state index in [0.29, 0.717) is 5.56 Å². The smallest absolute Gasteiger partial charge is 0.336 e. The van der Waals surface area contributed by atoms with Gasteiger partial charge >= 0.3 is 5.97 Å². The molecule has 0 spiro atoms. The van der Waals surface area contributed by atoms with Gasteiger partial charge in [0.15, 0.2) is 0 Å². The van der Waals surface area contributed by atoms with Crippen LogP contribution in [-0.2, 0) is 0 Å². The van der Waals surface area contributed by atoms with E-state index in [1.807, 2.05) is 31.2 Å². The maximum atomic E-state index is 11.1. The number of hydrogen-bond acceptors (Lipinski definition) is 2. The third-order valence-corrected chi connectivity index (χ3v) is 2.60. The van der Waals surface area contributed by atoms with Gasteiger partial charge in [0.1, 0.15) is 5.75 Å². The number of benzene rings is 2. The molecule has 0 unspecified atom stereocenters. The molecule has 0 aliphatic heterocycles. The van der Waals surface area contributed by atoms with Crippen LogP contribution in [0, 0.1) is 6.92 Å². The van der Waals surface area contributed by atoms with Gasteiger partial charge in [0, 0.05) is 0 Å². The van der Waals surface area contributed by atoms with Gasteiger partial charge in [-0.1, -0.05) is 29.8 Å². The first-order chi connectivity index (χ1) is 8.08. The summed E-state index contributed by atoms with van der Waals surface area (Å²) in [6, 6.07) is 11.8. The average molecular weight is 228 g/mol. The van der Waals surface area contributed by atoms with Crippen LogP contribution in [0.5, 0.6) is 5.75 Å². The summed E-state index contributed by atoms with van der Waals surface area (Å²) >= 11 is 0. The minimum atomic E-state index is -0.999. The maximum Gasteiger partial charge on any atom is 0.336 e. The fraction of sp³-hybridized carbons (Fsp3) is 0.0714. The quantitative estimate of drug-likeness (QED) is 0.830. The van der Waals surface area contributed by atoms with Crippen LogP contribution in [0.4, 0.5) is 0 Å². The number of aryl methyl sites for hydroxylation is 1. The van der Waals surface area contributed by atoms with Gasteiger partial charge in [0.05, 0.1) is 5.56 Å². The predicted molar refractivity (Wildman–Crippen MR) is 65.2 cm³/mol. The van der Waals surface area contributed by atoms with Gasteiger partial charge in [-0.25, -0.2) is 4.79 Å². The average Bonchev–Trinajstić information content (AvgIpc) is 2.29. The van der Waals surface area contributed by atoms with E-state index in [9.17, 15) is 9.90 Å². The van der Waals surface area contributed by atoms with Crippen molar-refractivity contribution in [2.45, 2.75) is 6.92 Å². The Bertz CT molecular complexity index is 556. The van der Waals surface area contributed by atoms with E-state index in [4.69, 9.17) is 5.11 Å². The number of phenolic OH excluding ortho intramolecular Hbond substituents is 1. The molecule has 0 saturated carbocycles. The molecule has 0 fully saturated rings. The molecule has 0 saturated heterocycles. The summed E-state index contributed by atoms with van der Waals surface area (Å²) in [4.78, 5) is 11.1. The first kappa shape index (κ1) is 11.2. The molecule has 0 heterocycles. The molecule has 0 amide bonds.